The van der Waals surface area contributed by atoms with E-state index >= 15 is 0 Å². The number of fused-ring (bicyclic) bond motifs is 1. The van der Waals surface area contributed by atoms with E-state index in [0.29, 0.717) is 28.2 Å². The summed E-state index contributed by atoms with van der Waals surface area (Å²) in [7, 11) is 3.07. The number of benzene rings is 2. The van der Waals surface area contributed by atoms with E-state index in [4.69, 9.17) is 14.2 Å². The molecule has 0 atom stereocenters. The molecule has 6 nitrogen and oxygen atoms in total. The first kappa shape index (κ1) is 15.7. The average Bonchev–Trinajstić information content (AvgIpc) is 2.61. The van der Waals surface area contributed by atoms with Crippen LogP contribution in [-0.2, 0) is 0 Å². The molecule has 0 bridgehead atoms. The van der Waals surface area contributed by atoms with Gasteiger partial charge in [0.05, 0.1) is 19.7 Å². The van der Waals surface area contributed by atoms with Gasteiger partial charge in [0.1, 0.15) is 17.2 Å². The van der Waals surface area contributed by atoms with E-state index < -0.39 is 5.82 Å². The lowest BCUT2D eigenvalue weighted by molar-refractivity contribution is 0.355. The summed E-state index contributed by atoms with van der Waals surface area (Å²) in [6, 6.07) is 8.93. The predicted octanol–water partition coefficient (Wildman–Crippen LogP) is 4.58. The van der Waals surface area contributed by atoms with Gasteiger partial charge in [0, 0.05) is 23.7 Å². The molecule has 0 aliphatic rings. The van der Waals surface area contributed by atoms with Crippen molar-refractivity contribution >= 4 is 16.6 Å². The van der Waals surface area contributed by atoms with Gasteiger partial charge in [0.25, 0.3) is 0 Å². The van der Waals surface area contributed by atoms with Crippen LogP contribution in [0.5, 0.6) is 23.0 Å². The Hall–Kier alpha value is -3.22. The molecule has 3 aromatic rings. The first-order valence-electron chi connectivity index (χ1n) is 6.97. The third kappa shape index (κ3) is 2.83. The van der Waals surface area contributed by atoms with Crippen molar-refractivity contribution in [3.05, 3.63) is 53.3 Å². The van der Waals surface area contributed by atoms with Gasteiger partial charge in [0.15, 0.2) is 17.3 Å². The molecule has 0 unspecified atom stereocenters. The second-order valence-electron chi connectivity index (χ2n) is 4.84. The van der Waals surface area contributed by atoms with E-state index in [9.17, 15) is 9.30 Å². The highest BCUT2D eigenvalue weighted by Crippen LogP contribution is 2.37. The van der Waals surface area contributed by atoms with Gasteiger partial charge in [-0.15, -0.1) is 4.91 Å². The quantitative estimate of drug-likeness (QED) is 0.641. The predicted molar refractivity (Wildman–Crippen MR) is 86.8 cm³/mol. The van der Waals surface area contributed by atoms with Crippen molar-refractivity contribution in [3.63, 3.8) is 0 Å². The van der Waals surface area contributed by atoms with Crippen LogP contribution < -0.4 is 14.2 Å². The first-order chi connectivity index (χ1) is 11.7. The van der Waals surface area contributed by atoms with Gasteiger partial charge < -0.3 is 14.2 Å². The maximum atomic E-state index is 13.7. The third-order valence-electron chi connectivity index (χ3n) is 3.45. The molecule has 0 fully saturated rings. The van der Waals surface area contributed by atoms with Gasteiger partial charge in [0.2, 0.25) is 0 Å². The van der Waals surface area contributed by atoms with Gasteiger partial charge in [-0.1, -0.05) is 0 Å². The number of hydrogen-bond acceptors (Lipinski definition) is 6. The van der Waals surface area contributed by atoms with Crippen molar-refractivity contribution in [1.82, 2.24) is 4.98 Å². The van der Waals surface area contributed by atoms with Crippen LogP contribution in [0.1, 0.15) is 0 Å². The molecule has 0 N–H and O–H groups in total. The maximum absolute atomic E-state index is 13.7. The van der Waals surface area contributed by atoms with E-state index in [1.54, 1.807) is 24.4 Å². The summed E-state index contributed by atoms with van der Waals surface area (Å²) in [5.74, 6) is 1.02. The Kier molecular flexibility index (Phi) is 4.24. The molecule has 0 radical (unpaired) electrons. The molecule has 0 spiro atoms. The molecule has 2 aromatic carbocycles. The monoisotopic (exact) mass is 328 g/mol. The minimum atomic E-state index is -0.750. The van der Waals surface area contributed by atoms with Gasteiger partial charge in [-0.05, 0) is 29.4 Å². The minimum absolute atomic E-state index is 0.238. The number of rotatable bonds is 5. The highest BCUT2D eigenvalue weighted by atomic mass is 19.1. The molecule has 3 rings (SSSR count). The Morgan fingerprint density at radius 1 is 1.00 bits per heavy atom. The summed E-state index contributed by atoms with van der Waals surface area (Å²) in [5.41, 5.74) is 0.366. The first-order valence-corrected chi connectivity index (χ1v) is 6.97. The molecule has 0 saturated carbocycles. The topological polar surface area (TPSA) is 70.0 Å². The Labute approximate surface area is 136 Å². The lowest BCUT2D eigenvalue weighted by Gasteiger charge is -2.12. The normalized spacial score (nSPS) is 10.5. The lowest BCUT2D eigenvalue weighted by atomic mass is 10.2. The van der Waals surface area contributed by atoms with E-state index in [1.165, 1.54) is 26.4 Å². The maximum Gasteiger partial charge on any atom is 0.162 e. The molecular weight excluding hydrogens is 315 g/mol. The van der Waals surface area contributed by atoms with Crippen LogP contribution in [0.4, 0.5) is 10.1 Å². The zero-order chi connectivity index (χ0) is 17.1. The number of pyridine rings is 1. The van der Waals surface area contributed by atoms with Gasteiger partial charge in [-0.25, -0.2) is 4.39 Å². The van der Waals surface area contributed by atoms with E-state index in [1.807, 2.05) is 0 Å². The number of nitroso groups, excluding NO2 is 1. The molecule has 0 aliphatic heterocycles. The van der Waals surface area contributed by atoms with Crippen molar-refractivity contribution in [2.24, 2.45) is 5.18 Å². The van der Waals surface area contributed by atoms with Crippen LogP contribution in [0.25, 0.3) is 10.9 Å². The van der Waals surface area contributed by atoms with E-state index in [-0.39, 0.29) is 11.4 Å². The summed E-state index contributed by atoms with van der Waals surface area (Å²) in [4.78, 5) is 14.7. The van der Waals surface area contributed by atoms with Crippen LogP contribution in [0, 0.1) is 10.7 Å². The second kappa shape index (κ2) is 6.49. The Balaban J connectivity index is 2.06. The van der Waals surface area contributed by atoms with Crippen molar-refractivity contribution in [2.75, 3.05) is 14.2 Å². The molecule has 1 aromatic heterocycles. The zero-order valence-electron chi connectivity index (χ0n) is 12.9. The lowest BCUT2D eigenvalue weighted by Crippen LogP contribution is -1.93. The zero-order valence-corrected chi connectivity index (χ0v) is 12.9. The molecule has 7 heteroatoms. The Morgan fingerprint density at radius 2 is 1.75 bits per heavy atom. The fourth-order valence-corrected chi connectivity index (χ4v) is 2.29. The van der Waals surface area contributed by atoms with Crippen LogP contribution in [0.15, 0.2) is 47.8 Å². The fourth-order valence-electron chi connectivity index (χ4n) is 2.29. The highest BCUT2D eigenvalue weighted by Gasteiger charge is 2.12. The summed E-state index contributed by atoms with van der Waals surface area (Å²) in [6.45, 7) is 0. The number of methoxy groups -OCH3 is 2. The molecule has 24 heavy (non-hydrogen) atoms. The van der Waals surface area contributed by atoms with Gasteiger partial charge >= 0.3 is 0 Å². The van der Waals surface area contributed by atoms with Crippen LogP contribution in [0.2, 0.25) is 0 Å². The van der Waals surface area contributed by atoms with Crippen LogP contribution in [0.3, 0.4) is 0 Å². The fraction of sp³-hybridized carbons (Fsp3) is 0.118. The van der Waals surface area contributed by atoms with Crippen LogP contribution >= 0.6 is 0 Å². The summed E-state index contributed by atoms with van der Waals surface area (Å²) >= 11 is 0. The number of halogens is 1. The molecule has 122 valence electrons. The van der Waals surface area contributed by atoms with E-state index in [2.05, 4.69) is 10.2 Å². The van der Waals surface area contributed by atoms with Crippen LogP contribution in [-0.4, -0.2) is 19.2 Å². The molecular formula is C17H13FN2O4. The standard InChI is InChI=1S/C17H13FN2O4/c1-22-16-8-11-14(9-17(16)23-2)19-6-5-15(11)24-10-3-4-13(20-21)12(18)7-10/h3-9H,1-2H3. The largest absolute Gasteiger partial charge is 0.493 e. The summed E-state index contributed by atoms with van der Waals surface area (Å²) in [5, 5.41) is 3.26. The molecule has 0 amide bonds. The third-order valence-corrected chi connectivity index (χ3v) is 3.45. The summed E-state index contributed by atoms with van der Waals surface area (Å²) in [6.07, 6.45) is 1.57. The smallest absolute Gasteiger partial charge is 0.162 e. The Morgan fingerprint density at radius 3 is 2.42 bits per heavy atom. The summed E-state index contributed by atoms with van der Waals surface area (Å²) < 4.78 is 29.9. The van der Waals surface area contributed by atoms with Crippen molar-refractivity contribution in [3.8, 4) is 23.0 Å². The van der Waals surface area contributed by atoms with Crippen molar-refractivity contribution in [2.45, 2.75) is 0 Å². The number of hydrogen-bond donors (Lipinski definition) is 0. The van der Waals surface area contributed by atoms with Gasteiger partial charge in [-0.3, -0.25) is 4.98 Å². The van der Waals surface area contributed by atoms with E-state index in [0.717, 1.165) is 6.07 Å². The van der Waals surface area contributed by atoms with Crippen molar-refractivity contribution in [1.29, 1.82) is 0 Å². The van der Waals surface area contributed by atoms with Gasteiger partial charge in [-0.2, -0.15) is 0 Å². The number of aromatic nitrogens is 1. The number of ether oxygens (including phenoxy) is 3. The number of nitrogens with zero attached hydrogens (tertiary/aromatic N) is 2. The van der Waals surface area contributed by atoms with Crippen molar-refractivity contribution < 1.29 is 18.6 Å². The Bertz CT molecular complexity index is 914. The molecule has 0 aliphatic carbocycles. The highest BCUT2D eigenvalue weighted by molar-refractivity contribution is 5.88. The minimum Gasteiger partial charge on any atom is -0.493 e. The molecule has 0 saturated heterocycles. The average molecular weight is 328 g/mol. The second-order valence-corrected chi connectivity index (χ2v) is 4.84. The SMILES string of the molecule is COc1cc2nccc(Oc3ccc(N=O)c(F)c3)c2cc1OC. The molecule has 1 heterocycles.